The van der Waals surface area contributed by atoms with E-state index in [2.05, 4.69) is 16.0 Å². The Hall–Kier alpha value is -2.66. The van der Waals surface area contributed by atoms with Gasteiger partial charge in [-0.25, -0.2) is 4.39 Å². The van der Waals surface area contributed by atoms with Crippen LogP contribution < -0.4 is 5.32 Å². The Morgan fingerprint density at radius 1 is 1.07 bits per heavy atom. The fourth-order valence-corrected chi connectivity index (χ4v) is 4.79. The fourth-order valence-electron chi connectivity index (χ4n) is 4.51. The number of carbonyl (C=O) groups is 2. The van der Waals surface area contributed by atoms with E-state index in [0.717, 1.165) is 35.9 Å². The van der Waals surface area contributed by atoms with Gasteiger partial charge in [-0.2, -0.15) is 0 Å². The highest BCUT2D eigenvalue weighted by molar-refractivity contribution is 6.32. The molecule has 3 heterocycles. The molecule has 6 heteroatoms. The minimum absolute atomic E-state index is 0.156. The molecule has 0 saturated carbocycles. The van der Waals surface area contributed by atoms with E-state index in [4.69, 9.17) is 11.6 Å². The zero-order valence-corrected chi connectivity index (χ0v) is 15.1. The van der Waals surface area contributed by atoms with Gasteiger partial charge in [0.2, 0.25) is 11.8 Å². The summed E-state index contributed by atoms with van der Waals surface area (Å²) < 4.78 is 15.7. The zero-order chi connectivity index (χ0) is 18.7. The average Bonchev–Trinajstić information content (AvgIpc) is 3.14. The molecule has 2 amide bonds. The Morgan fingerprint density at radius 2 is 1.85 bits per heavy atom. The summed E-state index contributed by atoms with van der Waals surface area (Å²) in [6, 6.07) is 10.0. The second-order valence-electron chi connectivity index (χ2n) is 7.17. The lowest BCUT2D eigenvalue weighted by Gasteiger charge is -2.17. The van der Waals surface area contributed by atoms with Crippen LogP contribution in [0.2, 0.25) is 5.02 Å². The number of amides is 2. The van der Waals surface area contributed by atoms with Gasteiger partial charge in [0.05, 0.1) is 17.4 Å². The third-order valence-corrected chi connectivity index (χ3v) is 5.96. The normalized spacial score (nSPS) is 21.7. The largest absolute Gasteiger partial charge is 0.347 e. The molecule has 3 aromatic rings. The number of aromatic nitrogens is 1. The summed E-state index contributed by atoms with van der Waals surface area (Å²) in [5, 5.41) is 3.59. The molecule has 136 valence electrons. The molecule has 5 rings (SSSR count). The third-order valence-electron chi connectivity index (χ3n) is 5.64. The zero-order valence-electron chi connectivity index (χ0n) is 14.3. The first-order valence-electron chi connectivity index (χ1n) is 8.95. The predicted molar refractivity (Wildman–Crippen MR) is 100 cm³/mol. The first kappa shape index (κ1) is 16.5. The average molecular weight is 383 g/mol. The number of hydrogen-bond acceptors (Lipinski definition) is 2. The van der Waals surface area contributed by atoms with Gasteiger partial charge in [-0.1, -0.05) is 35.9 Å². The topological polar surface area (TPSA) is 51.1 Å². The Labute approximate surface area is 159 Å². The maximum Gasteiger partial charge on any atom is 0.235 e. The summed E-state index contributed by atoms with van der Waals surface area (Å²) in [7, 11) is 0. The standard InChI is InChI=1S/C21H16ClFN2O2/c22-16-9-12(23)6-7-14(16)17-18(21(27)24-20(17)26)15-10-25-8-2-4-11-3-1-5-13(15)19(11)25/h1,3,5-7,9-10,17-18H,2,4,8H2,(H,24,26,27)/t17-,18-/m1/s1. The summed E-state index contributed by atoms with van der Waals surface area (Å²) in [5.74, 6) is -2.66. The quantitative estimate of drug-likeness (QED) is 0.683. The highest BCUT2D eigenvalue weighted by Crippen LogP contribution is 2.44. The van der Waals surface area contributed by atoms with Gasteiger partial charge >= 0.3 is 0 Å². The van der Waals surface area contributed by atoms with E-state index in [0.29, 0.717) is 5.56 Å². The van der Waals surface area contributed by atoms with Crippen LogP contribution in [-0.4, -0.2) is 16.4 Å². The van der Waals surface area contributed by atoms with E-state index >= 15 is 0 Å². The minimum Gasteiger partial charge on any atom is -0.347 e. The summed E-state index contributed by atoms with van der Waals surface area (Å²) in [6.45, 7) is 0.887. The fraction of sp³-hybridized carbons (Fsp3) is 0.238. The van der Waals surface area contributed by atoms with Crippen molar-refractivity contribution >= 4 is 34.3 Å². The highest BCUT2D eigenvalue weighted by atomic mass is 35.5. The van der Waals surface area contributed by atoms with Gasteiger partial charge in [-0.3, -0.25) is 14.9 Å². The molecule has 0 aliphatic carbocycles. The van der Waals surface area contributed by atoms with Gasteiger partial charge in [0.25, 0.3) is 0 Å². The summed E-state index contributed by atoms with van der Waals surface area (Å²) in [4.78, 5) is 25.3. The second kappa shape index (κ2) is 5.92. The number of imide groups is 1. The molecule has 1 N–H and O–H groups in total. The number of hydrogen-bond donors (Lipinski definition) is 1. The second-order valence-corrected chi connectivity index (χ2v) is 7.58. The molecule has 2 aliphatic rings. The van der Waals surface area contributed by atoms with Crippen LogP contribution in [0.4, 0.5) is 4.39 Å². The van der Waals surface area contributed by atoms with Crippen molar-refractivity contribution < 1.29 is 14.0 Å². The number of nitrogens with one attached hydrogen (secondary N) is 1. The Bertz CT molecular complexity index is 1120. The molecule has 0 bridgehead atoms. The summed E-state index contributed by atoms with van der Waals surface area (Å²) in [6.07, 6.45) is 4.04. The molecule has 0 unspecified atom stereocenters. The molecular weight excluding hydrogens is 367 g/mol. The predicted octanol–water partition coefficient (Wildman–Crippen LogP) is 3.90. The Morgan fingerprint density at radius 3 is 2.63 bits per heavy atom. The van der Waals surface area contributed by atoms with Gasteiger partial charge in [-0.05, 0) is 41.7 Å². The van der Waals surface area contributed by atoms with Crippen molar-refractivity contribution in [2.24, 2.45) is 0 Å². The lowest BCUT2D eigenvalue weighted by molar-refractivity contribution is -0.125. The van der Waals surface area contributed by atoms with Crippen molar-refractivity contribution in [2.75, 3.05) is 0 Å². The monoisotopic (exact) mass is 382 g/mol. The molecular formula is C21H16ClFN2O2. The number of para-hydroxylation sites is 1. The first-order chi connectivity index (χ1) is 13.0. The molecule has 2 aromatic carbocycles. The van der Waals surface area contributed by atoms with Crippen molar-refractivity contribution in [1.29, 1.82) is 0 Å². The first-order valence-corrected chi connectivity index (χ1v) is 9.32. The van der Waals surface area contributed by atoms with Crippen molar-refractivity contribution in [3.8, 4) is 0 Å². The smallest absolute Gasteiger partial charge is 0.235 e. The van der Waals surface area contributed by atoms with E-state index in [1.165, 1.54) is 23.8 Å². The Kier molecular flexibility index (Phi) is 3.62. The molecule has 27 heavy (non-hydrogen) atoms. The number of benzene rings is 2. The van der Waals surface area contributed by atoms with E-state index in [1.807, 2.05) is 18.3 Å². The van der Waals surface area contributed by atoms with Crippen LogP contribution in [0, 0.1) is 5.82 Å². The van der Waals surface area contributed by atoms with Crippen LogP contribution in [0.3, 0.4) is 0 Å². The van der Waals surface area contributed by atoms with Crippen molar-refractivity contribution in [2.45, 2.75) is 31.2 Å². The van der Waals surface area contributed by atoms with Crippen molar-refractivity contribution in [3.05, 3.63) is 70.1 Å². The number of aryl methyl sites for hydroxylation is 2. The molecule has 1 aromatic heterocycles. The molecule has 1 fully saturated rings. The number of carbonyl (C=O) groups excluding carboxylic acids is 2. The van der Waals surface area contributed by atoms with Crippen LogP contribution in [-0.2, 0) is 22.6 Å². The molecule has 2 atom stereocenters. The van der Waals surface area contributed by atoms with Crippen LogP contribution in [0.25, 0.3) is 10.9 Å². The molecule has 0 spiro atoms. The van der Waals surface area contributed by atoms with E-state index in [1.54, 1.807) is 0 Å². The summed E-state index contributed by atoms with van der Waals surface area (Å²) >= 11 is 6.22. The van der Waals surface area contributed by atoms with Crippen molar-refractivity contribution in [3.63, 3.8) is 0 Å². The number of halogens is 2. The van der Waals surface area contributed by atoms with Gasteiger partial charge < -0.3 is 4.57 Å². The molecule has 4 nitrogen and oxygen atoms in total. The maximum atomic E-state index is 13.5. The van der Waals surface area contributed by atoms with Gasteiger partial charge in [-0.15, -0.1) is 0 Å². The molecule has 0 radical (unpaired) electrons. The highest BCUT2D eigenvalue weighted by Gasteiger charge is 2.45. The van der Waals surface area contributed by atoms with E-state index < -0.39 is 23.6 Å². The summed E-state index contributed by atoms with van der Waals surface area (Å²) in [5.41, 5.74) is 3.68. The van der Waals surface area contributed by atoms with E-state index in [-0.39, 0.29) is 10.9 Å². The van der Waals surface area contributed by atoms with E-state index in [9.17, 15) is 14.0 Å². The van der Waals surface area contributed by atoms with Crippen LogP contribution in [0.15, 0.2) is 42.6 Å². The number of rotatable bonds is 2. The molecule has 2 aliphatic heterocycles. The van der Waals surface area contributed by atoms with Gasteiger partial charge in [0.15, 0.2) is 0 Å². The number of nitrogens with zero attached hydrogens (tertiary/aromatic N) is 1. The minimum atomic E-state index is -0.769. The SMILES string of the molecule is O=C1NC(=O)[C@H](c2cn3c4c(cccc24)CCC3)[C@H]1c1ccc(F)cc1Cl. The third kappa shape index (κ3) is 2.42. The lowest BCUT2D eigenvalue weighted by atomic mass is 9.83. The lowest BCUT2D eigenvalue weighted by Crippen LogP contribution is -2.21. The van der Waals surface area contributed by atoms with Crippen molar-refractivity contribution in [1.82, 2.24) is 9.88 Å². The van der Waals surface area contributed by atoms with Gasteiger partial charge in [0, 0.05) is 23.2 Å². The maximum absolute atomic E-state index is 13.5. The van der Waals surface area contributed by atoms with Gasteiger partial charge in [0.1, 0.15) is 5.82 Å². The van der Waals surface area contributed by atoms with Crippen LogP contribution in [0.5, 0.6) is 0 Å². The van der Waals surface area contributed by atoms with Crippen LogP contribution >= 0.6 is 11.6 Å². The molecule has 1 saturated heterocycles. The van der Waals surface area contributed by atoms with Crippen LogP contribution in [0.1, 0.15) is 34.9 Å². The Balaban J connectivity index is 1.71.